The van der Waals surface area contributed by atoms with Gasteiger partial charge >= 0.3 is 0 Å². The van der Waals surface area contributed by atoms with Crippen LogP contribution in [0.15, 0.2) is 196 Å². The fourth-order valence-corrected chi connectivity index (χ4v) is 10.4. The average Bonchev–Trinajstić information content (AvgIpc) is 3.82. The molecular weight excluding hydrogens is 979 g/mol. The van der Waals surface area contributed by atoms with Crippen LogP contribution >= 0.6 is 0 Å². The van der Waals surface area contributed by atoms with E-state index in [0.29, 0.717) is 33.4 Å². The molecule has 350 valence electrons. The van der Waals surface area contributed by atoms with Gasteiger partial charge in [0, 0.05) is 56.3 Å². The molecule has 9 rings (SSSR count). The number of benzene rings is 6. The lowest BCUT2D eigenvalue weighted by atomic mass is 9.88. The third kappa shape index (κ3) is 8.94. The third-order valence-corrected chi connectivity index (χ3v) is 15.1. The first-order valence-corrected chi connectivity index (χ1v) is 26.3. The minimum atomic E-state index is -4.65. The van der Waals surface area contributed by atoms with Gasteiger partial charge in [-0.1, -0.05) is 115 Å². The zero-order valence-electron chi connectivity index (χ0n) is 35.7. The molecule has 0 radical (unpaired) electrons. The van der Waals surface area contributed by atoms with Crippen LogP contribution in [-0.2, 0) is 50.1 Å². The zero-order chi connectivity index (χ0) is 49.9. The van der Waals surface area contributed by atoms with Crippen molar-refractivity contribution in [3.8, 4) is 0 Å². The Morgan fingerprint density at radius 1 is 0.271 bits per heavy atom. The molecule has 7 aromatic rings. The van der Waals surface area contributed by atoms with Crippen molar-refractivity contribution in [1.29, 1.82) is 0 Å². The molecule has 0 saturated carbocycles. The number of allylic oxidation sites excluding steroid dienone is 8. The number of carbonyl (C=O) groups excluding carboxylic acids is 2. The molecule has 2 aliphatic carbocycles. The molecule has 2 aliphatic rings. The zero-order valence-corrected chi connectivity index (χ0v) is 39.0. The SMILES string of the molecule is O=C1C(c2ccc(S(=O)(=O)O)cc2)=C(c2ccccc2)C(c2ccc(C3=C(c4ccc(S(=O)(=O)O)cc4)C(=O)C(c4ccc(S(=O)(=O)O)cc4)=C3c3ccccc3)nc2)=C1c1ccc(S(=O)(=O)O)cc1. The molecule has 6 aromatic carbocycles. The minimum Gasteiger partial charge on any atom is -0.289 e. The van der Waals surface area contributed by atoms with Crippen LogP contribution in [0.25, 0.3) is 44.6 Å². The second-order valence-corrected chi connectivity index (χ2v) is 21.5. The summed E-state index contributed by atoms with van der Waals surface area (Å²) in [5.74, 6) is -1.13. The van der Waals surface area contributed by atoms with Crippen molar-refractivity contribution in [3.63, 3.8) is 0 Å². The second kappa shape index (κ2) is 17.7. The Balaban J connectivity index is 1.31. The smallest absolute Gasteiger partial charge is 0.289 e. The molecule has 0 atom stereocenters. The molecule has 1 heterocycles. The van der Waals surface area contributed by atoms with Crippen LogP contribution in [0.3, 0.4) is 0 Å². The first kappa shape index (κ1) is 47.5. The van der Waals surface area contributed by atoms with Crippen LogP contribution in [0.5, 0.6) is 0 Å². The third-order valence-electron chi connectivity index (χ3n) is 11.6. The van der Waals surface area contributed by atoms with Gasteiger partial charge in [0.05, 0.1) is 25.3 Å². The molecule has 70 heavy (non-hydrogen) atoms. The lowest BCUT2D eigenvalue weighted by Gasteiger charge is -2.16. The summed E-state index contributed by atoms with van der Waals surface area (Å²) in [6.45, 7) is 0. The molecule has 15 nitrogen and oxygen atoms in total. The van der Waals surface area contributed by atoms with Gasteiger partial charge in [-0.2, -0.15) is 33.7 Å². The molecule has 4 N–H and O–H groups in total. The predicted molar refractivity (Wildman–Crippen MR) is 259 cm³/mol. The number of pyridine rings is 1. The summed E-state index contributed by atoms with van der Waals surface area (Å²) in [6.07, 6.45) is 1.45. The van der Waals surface area contributed by atoms with Gasteiger partial charge in [-0.15, -0.1) is 0 Å². The van der Waals surface area contributed by atoms with E-state index in [2.05, 4.69) is 0 Å². The number of rotatable bonds is 12. The van der Waals surface area contributed by atoms with Gasteiger partial charge in [0.2, 0.25) is 0 Å². The molecule has 1 aromatic heterocycles. The largest absolute Gasteiger partial charge is 0.294 e. The van der Waals surface area contributed by atoms with Gasteiger partial charge in [-0.05, 0) is 88.0 Å². The van der Waals surface area contributed by atoms with Crippen molar-refractivity contribution < 1.29 is 61.5 Å². The van der Waals surface area contributed by atoms with E-state index in [1.54, 1.807) is 72.8 Å². The molecule has 0 bridgehead atoms. The predicted octanol–water partition coefficient (Wildman–Crippen LogP) is 8.28. The van der Waals surface area contributed by atoms with Crippen molar-refractivity contribution in [1.82, 2.24) is 4.98 Å². The monoisotopic (exact) mass is 1010 g/mol. The maximum absolute atomic E-state index is 15.1. The number of ketones is 2. The van der Waals surface area contributed by atoms with Gasteiger partial charge in [0.25, 0.3) is 40.5 Å². The number of Topliss-reactive ketones (excluding diaryl/α,β-unsaturated/α-hetero) is 2. The summed E-state index contributed by atoms with van der Waals surface area (Å²) >= 11 is 0. The van der Waals surface area contributed by atoms with Crippen LogP contribution in [0.2, 0.25) is 0 Å². The van der Waals surface area contributed by atoms with E-state index in [0.717, 1.165) is 48.5 Å². The summed E-state index contributed by atoms with van der Waals surface area (Å²) in [6, 6.07) is 40.5. The molecule has 0 aliphatic heterocycles. The molecule has 0 amide bonds. The maximum atomic E-state index is 15.1. The van der Waals surface area contributed by atoms with Crippen molar-refractivity contribution in [2.75, 3.05) is 0 Å². The van der Waals surface area contributed by atoms with Crippen LogP contribution < -0.4 is 0 Å². The minimum absolute atomic E-state index is 0.0465. The lowest BCUT2D eigenvalue weighted by Crippen LogP contribution is -2.04. The Morgan fingerprint density at radius 3 is 0.786 bits per heavy atom. The van der Waals surface area contributed by atoms with Gasteiger partial charge in [0.1, 0.15) is 0 Å². The van der Waals surface area contributed by atoms with Crippen molar-refractivity contribution in [2.45, 2.75) is 19.6 Å². The molecule has 0 unspecified atom stereocenters. The first-order chi connectivity index (χ1) is 33.1. The summed E-state index contributed by atoms with van der Waals surface area (Å²) in [5.41, 5.74) is 4.15. The highest BCUT2D eigenvalue weighted by molar-refractivity contribution is 7.86. The Morgan fingerprint density at radius 2 is 0.514 bits per heavy atom. The number of hydrogen-bond donors (Lipinski definition) is 4. The first-order valence-electron chi connectivity index (χ1n) is 20.6. The van der Waals surface area contributed by atoms with E-state index < -0.39 is 71.6 Å². The van der Waals surface area contributed by atoms with E-state index in [1.807, 2.05) is 0 Å². The van der Waals surface area contributed by atoms with Crippen molar-refractivity contribution in [2.24, 2.45) is 0 Å². The van der Waals surface area contributed by atoms with E-state index in [-0.39, 0.29) is 55.8 Å². The van der Waals surface area contributed by atoms with Crippen LogP contribution in [0.1, 0.15) is 44.6 Å². The van der Waals surface area contributed by atoms with Gasteiger partial charge in [0.15, 0.2) is 11.6 Å². The molecule has 0 saturated heterocycles. The normalized spacial score (nSPS) is 14.9. The van der Waals surface area contributed by atoms with Gasteiger partial charge in [-0.25, -0.2) is 0 Å². The molecule has 19 heteroatoms. The Labute approximate surface area is 401 Å². The fraction of sp³-hybridized carbons (Fsp3) is 0. The second-order valence-electron chi connectivity index (χ2n) is 15.8. The van der Waals surface area contributed by atoms with E-state index in [4.69, 9.17) is 4.98 Å². The van der Waals surface area contributed by atoms with Crippen LogP contribution in [-0.4, -0.2) is 68.4 Å². The van der Waals surface area contributed by atoms with Crippen LogP contribution in [0.4, 0.5) is 0 Å². The summed E-state index contributed by atoms with van der Waals surface area (Å²) in [7, 11) is -18.5. The van der Waals surface area contributed by atoms with Gasteiger partial charge < -0.3 is 0 Å². The molecule has 0 spiro atoms. The molecule has 0 fully saturated rings. The van der Waals surface area contributed by atoms with Crippen LogP contribution in [0, 0.1) is 0 Å². The quantitative estimate of drug-likeness (QED) is 0.0839. The fourth-order valence-electron chi connectivity index (χ4n) is 8.50. The number of hydrogen-bond acceptors (Lipinski definition) is 11. The topological polar surface area (TPSA) is 265 Å². The summed E-state index contributed by atoms with van der Waals surface area (Å²) in [5, 5.41) is 0. The molecular formula is C51H33NO14S4. The standard InChI is InChI=1S/C51H33NO14S4/c53-50-45(32-11-20-37(21-12-32)67(55,56)57)42(30-7-3-1-4-8-30)44(47(50)34-15-24-39(25-16-34)69(61,62)63)36-19-28-41(52-29-36)49-43(31-9-5-2-6-10-31)46(33-13-22-38(23-14-33)68(58,59)60)51(54)48(49)35-17-26-40(27-18-35)70(64,65)66/h1-29H,(H,55,56,57)(H,58,59,60)(H,61,62,63)(H,64,65,66). The number of carbonyl (C=O) groups is 2. The highest BCUT2D eigenvalue weighted by Crippen LogP contribution is 2.52. The highest BCUT2D eigenvalue weighted by atomic mass is 32.2. The Bertz CT molecular complexity index is 3660. The summed E-state index contributed by atoms with van der Waals surface area (Å²) < 4.78 is 136. The lowest BCUT2D eigenvalue weighted by molar-refractivity contribution is -0.109. The maximum Gasteiger partial charge on any atom is 0.294 e. The summed E-state index contributed by atoms with van der Waals surface area (Å²) in [4.78, 5) is 33.3. The Hall–Kier alpha value is -7.59. The van der Waals surface area contributed by atoms with Gasteiger partial charge in [-0.3, -0.25) is 32.8 Å². The average molecular weight is 1010 g/mol. The van der Waals surface area contributed by atoms with Crippen molar-refractivity contribution >= 4 is 96.6 Å². The highest BCUT2D eigenvalue weighted by Gasteiger charge is 2.39. The van der Waals surface area contributed by atoms with Crippen molar-refractivity contribution in [3.05, 3.63) is 221 Å². The van der Waals surface area contributed by atoms with E-state index >= 15 is 9.59 Å². The number of aromatic nitrogens is 1. The van der Waals surface area contributed by atoms with E-state index in [1.165, 1.54) is 54.7 Å². The van der Waals surface area contributed by atoms with E-state index in [9.17, 15) is 51.9 Å². The number of nitrogens with zero attached hydrogens (tertiary/aromatic N) is 1. The Kier molecular flexibility index (Phi) is 12.0.